The fourth-order valence-corrected chi connectivity index (χ4v) is 2.30. The zero-order valence-electron chi connectivity index (χ0n) is 12.6. The topological polar surface area (TPSA) is 101 Å². The first kappa shape index (κ1) is 15.4. The average Bonchev–Trinajstić information content (AvgIpc) is 3.07. The molecule has 1 aromatic heterocycles. The second-order valence-corrected chi connectivity index (χ2v) is 5.15. The van der Waals surface area contributed by atoms with Gasteiger partial charge in [-0.2, -0.15) is 5.10 Å². The number of H-pyrrole nitrogens is 1. The van der Waals surface area contributed by atoms with Gasteiger partial charge in [0.15, 0.2) is 0 Å². The molecule has 0 aliphatic rings. The minimum Gasteiger partial charge on any atom is -0.348 e. The number of aromatic nitrogens is 2. The van der Waals surface area contributed by atoms with Crippen LogP contribution in [-0.4, -0.2) is 21.0 Å². The van der Waals surface area contributed by atoms with E-state index in [1.54, 1.807) is 24.4 Å². The molecule has 1 amide bonds. The van der Waals surface area contributed by atoms with Gasteiger partial charge < -0.3 is 5.32 Å². The van der Waals surface area contributed by atoms with Gasteiger partial charge in [-0.3, -0.25) is 20.0 Å². The number of benzene rings is 2. The lowest BCUT2D eigenvalue weighted by atomic mass is 10.1. The summed E-state index contributed by atoms with van der Waals surface area (Å²) in [6, 6.07) is 11.7. The third-order valence-electron chi connectivity index (χ3n) is 3.55. The van der Waals surface area contributed by atoms with E-state index in [2.05, 4.69) is 15.5 Å². The molecule has 2 aromatic carbocycles. The molecule has 7 heteroatoms. The third-order valence-corrected chi connectivity index (χ3v) is 3.55. The Balaban J connectivity index is 1.61. The second-order valence-electron chi connectivity index (χ2n) is 5.15. The maximum Gasteiger partial charge on any atom is 0.269 e. The molecule has 0 spiro atoms. The molecule has 24 heavy (non-hydrogen) atoms. The van der Waals surface area contributed by atoms with Crippen molar-refractivity contribution in [3.8, 4) is 0 Å². The van der Waals surface area contributed by atoms with Crippen LogP contribution in [-0.2, 0) is 11.3 Å². The predicted molar refractivity (Wildman–Crippen MR) is 90.1 cm³/mol. The third kappa shape index (κ3) is 3.46. The fraction of sp³-hybridized carbons (Fsp3) is 0.0588. The van der Waals surface area contributed by atoms with Gasteiger partial charge >= 0.3 is 0 Å². The highest BCUT2D eigenvalue weighted by Crippen LogP contribution is 2.15. The maximum absolute atomic E-state index is 11.9. The lowest BCUT2D eigenvalue weighted by Crippen LogP contribution is -2.20. The molecule has 0 bridgehead atoms. The van der Waals surface area contributed by atoms with Crippen LogP contribution in [0.3, 0.4) is 0 Å². The van der Waals surface area contributed by atoms with Crippen LogP contribution >= 0.6 is 0 Å². The summed E-state index contributed by atoms with van der Waals surface area (Å²) < 4.78 is 0. The largest absolute Gasteiger partial charge is 0.348 e. The molecule has 2 N–H and O–H groups in total. The molecular formula is C17H14N4O3. The molecular weight excluding hydrogens is 308 g/mol. The number of fused-ring (bicyclic) bond motifs is 1. The number of nitrogens with one attached hydrogen (secondary N) is 2. The number of non-ortho nitro benzene ring substituents is 1. The number of nitrogens with zero attached hydrogens (tertiary/aromatic N) is 2. The van der Waals surface area contributed by atoms with E-state index >= 15 is 0 Å². The summed E-state index contributed by atoms with van der Waals surface area (Å²) in [5.74, 6) is -0.245. The zero-order valence-corrected chi connectivity index (χ0v) is 12.6. The lowest BCUT2D eigenvalue weighted by molar-refractivity contribution is -0.384. The number of aromatic amines is 1. The van der Waals surface area contributed by atoms with Crippen LogP contribution in [0.1, 0.15) is 11.1 Å². The summed E-state index contributed by atoms with van der Waals surface area (Å²) in [5.41, 5.74) is 2.58. The SMILES string of the molecule is O=C(C=Cc1ccc([N+](=O)[O-])cc1)NCc1cccc2cn[nH]c12. The van der Waals surface area contributed by atoms with Crippen LogP contribution < -0.4 is 5.32 Å². The molecule has 3 aromatic rings. The molecule has 7 nitrogen and oxygen atoms in total. The summed E-state index contributed by atoms with van der Waals surface area (Å²) in [7, 11) is 0. The lowest BCUT2D eigenvalue weighted by Gasteiger charge is -2.03. The van der Waals surface area contributed by atoms with Crippen molar-refractivity contribution in [2.45, 2.75) is 6.54 Å². The molecule has 0 fully saturated rings. The Morgan fingerprint density at radius 1 is 1.25 bits per heavy atom. The summed E-state index contributed by atoms with van der Waals surface area (Å²) in [5, 5.41) is 21.3. The van der Waals surface area contributed by atoms with Gasteiger partial charge in [-0.05, 0) is 29.3 Å². The van der Waals surface area contributed by atoms with E-state index in [4.69, 9.17) is 0 Å². The van der Waals surface area contributed by atoms with Gasteiger partial charge in [-0.25, -0.2) is 0 Å². The quantitative estimate of drug-likeness (QED) is 0.428. The van der Waals surface area contributed by atoms with E-state index in [0.717, 1.165) is 16.5 Å². The number of nitro benzene ring substituents is 1. The van der Waals surface area contributed by atoms with Crippen molar-refractivity contribution in [3.63, 3.8) is 0 Å². The number of carbonyl (C=O) groups excluding carboxylic acids is 1. The van der Waals surface area contributed by atoms with E-state index < -0.39 is 4.92 Å². The number of nitro groups is 1. The van der Waals surface area contributed by atoms with Crippen LogP contribution in [0.15, 0.2) is 54.7 Å². The van der Waals surface area contributed by atoms with Gasteiger partial charge in [-0.1, -0.05) is 18.2 Å². The van der Waals surface area contributed by atoms with Crippen molar-refractivity contribution < 1.29 is 9.72 Å². The Hall–Kier alpha value is -3.48. The number of rotatable bonds is 5. The van der Waals surface area contributed by atoms with E-state index in [1.165, 1.54) is 18.2 Å². The van der Waals surface area contributed by atoms with Crippen LogP contribution in [0.25, 0.3) is 17.0 Å². The molecule has 0 saturated carbocycles. The van der Waals surface area contributed by atoms with Crippen molar-refractivity contribution in [2.24, 2.45) is 0 Å². The number of para-hydroxylation sites is 1. The number of hydrogen-bond acceptors (Lipinski definition) is 4. The number of hydrogen-bond donors (Lipinski definition) is 2. The van der Waals surface area contributed by atoms with E-state index in [0.29, 0.717) is 12.1 Å². The smallest absolute Gasteiger partial charge is 0.269 e. The highest BCUT2D eigenvalue weighted by atomic mass is 16.6. The van der Waals surface area contributed by atoms with Crippen LogP contribution in [0.5, 0.6) is 0 Å². The Morgan fingerprint density at radius 3 is 2.79 bits per heavy atom. The first-order chi connectivity index (χ1) is 11.6. The van der Waals surface area contributed by atoms with Gasteiger partial charge in [0.05, 0.1) is 16.6 Å². The van der Waals surface area contributed by atoms with Gasteiger partial charge in [-0.15, -0.1) is 0 Å². The Labute approximate surface area is 137 Å². The molecule has 1 heterocycles. The van der Waals surface area contributed by atoms with Gasteiger partial charge in [0.25, 0.3) is 5.69 Å². The molecule has 0 unspecified atom stereocenters. The maximum atomic E-state index is 11.9. The van der Waals surface area contributed by atoms with Crippen LogP contribution in [0.4, 0.5) is 5.69 Å². The minimum atomic E-state index is -0.462. The molecule has 0 aliphatic heterocycles. The zero-order chi connectivity index (χ0) is 16.9. The Bertz CT molecular complexity index is 913. The number of amides is 1. The minimum absolute atomic E-state index is 0.0178. The van der Waals surface area contributed by atoms with Gasteiger partial charge in [0.2, 0.25) is 5.91 Å². The van der Waals surface area contributed by atoms with Crippen LogP contribution in [0, 0.1) is 10.1 Å². The molecule has 3 rings (SSSR count). The highest BCUT2D eigenvalue weighted by molar-refractivity contribution is 5.92. The monoisotopic (exact) mass is 322 g/mol. The average molecular weight is 322 g/mol. The molecule has 0 aliphatic carbocycles. The van der Waals surface area contributed by atoms with Crippen molar-refractivity contribution in [1.82, 2.24) is 15.5 Å². The summed E-state index contributed by atoms with van der Waals surface area (Å²) in [6.07, 6.45) is 4.74. The van der Waals surface area contributed by atoms with E-state index in [1.807, 2.05) is 18.2 Å². The van der Waals surface area contributed by atoms with E-state index in [9.17, 15) is 14.9 Å². The van der Waals surface area contributed by atoms with Crippen molar-refractivity contribution in [1.29, 1.82) is 0 Å². The van der Waals surface area contributed by atoms with Crippen molar-refractivity contribution in [3.05, 3.63) is 76.0 Å². The standard InChI is InChI=1S/C17H14N4O3/c22-16(9-6-12-4-7-15(8-5-12)21(23)24)18-10-13-2-1-3-14-11-19-20-17(13)14/h1-9,11H,10H2,(H,18,22)(H,19,20). The Morgan fingerprint density at radius 2 is 2.04 bits per heavy atom. The van der Waals surface area contributed by atoms with Crippen LogP contribution in [0.2, 0.25) is 0 Å². The first-order valence-electron chi connectivity index (χ1n) is 7.25. The Kier molecular flexibility index (Phi) is 4.33. The summed E-state index contributed by atoms with van der Waals surface area (Å²) >= 11 is 0. The summed E-state index contributed by atoms with van der Waals surface area (Å²) in [4.78, 5) is 22.0. The van der Waals surface area contributed by atoms with Crippen molar-refractivity contribution in [2.75, 3.05) is 0 Å². The normalized spacial score (nSPS) is 11.0. The molecule has 0 saturated heterocycles. The first-order valence-corrected chi connectivity index (χ1v) is 7.25. The second kappa shape index (κ2) is 6.74. The van der Waals surface area contributed by atoms with Crippen molar-refractivity contribution >= 4 is 28.6 Å². The highest BCUT2D eigenvalue weighted by Gasteiger charge is 2.04. The predicted octanol–water partition coefficient (Wildman–Crippen LogP) is 2.80. The van der Waals surface area contributed by atoms with Gasteiger partial charge in [0, 0.05) is 30.1 Å². The summed E-state index contributed by atoms with van der Waals surface area (Å²) in [6.45, 7) is 0.378. The molecule has 120 valence electrons. The molecule has 0 radical (unpaired) electrons. The number of carbonyl (C=O) groups is 1. The van der Waals surface area contributed by atoms with E-state index in [-0.39, 0.29) is 11.6 Å². The van der Waals surface area contributed by atoms with Gasteiger partial charge in [0.1, 0.15) is 0 Å². The fourth-order valence-electron chi connectivity index (χ4n) is 2.30. The molecule has 0 atom stereocenters.